The van der Waals surface area contributed by atoms with Gasteiger partial charge in [-0.1, -0.05) is 5.16 Å². The zero-order valence-electron chi connectivity index (χ0n) is 13.3. The van der Waals surface area contributed by atoms with Crippen molar-refractivity contribution in [3.05, 3.63) is 56.8 Å². The summed E-state index contributed by atoms with van der Waals surface area (Å²) in [4.78, 5) is 27.0. The van der Waals surface area contributed by atoms with Gasteiger partial charge in [0.1, 0.15) is 11.5 Å². The highest BCUT2D eigenvalue weighted by atomic mass is 16.7. The number of rotatable bonds is 3. The van der Waals surface area contributed by atoms with Crippen LogP contribution in [0.4, 0.5) is 5.69 Å². The number of carbonyl (C=O) groups excluding carboxylic acids is 1. The molecule has 0 fully saturated rings. The minimum atomic E-state index is -0.553. The standard InChI is InChI=1S/C17H14N2O5/c1-9-6-14(15(19(21)22)7-10(9)2)16-5-4-12(23-16)8-13-11(3)18-24-17(13)20/h4-8H,1-3H3/b13-8+. The predicted molar refractivity (Wildman–Crippen MR) is 87.5 cm³/mol. The summed E-state index contributed by atoms with van der Waals surface area (Å²) in [6.45, 7) is 5.34. The van der Waals surface area contributed by atoms with Gasteiger partial charge in [-0.3, -0.25) is 10.1 Å². The average molecular weight is 326 g/mol. The van der Waals surface area contributed by atoms with Crippen LogP contribution in [0, 0.1) is 24.0 Å². The van der Waals surface area contributed by atoms with E-state index in [1.165, 1.54) is 12.1 Å². The number of nitro groups is 1. The van der Waals surface area contributed by atoms with Crippen LogP contribution in [0.15, 0.2) is 39.4 Å². The molecule has 2 aromatic rings. The summed E-state index contributed by atoms with van der Waals surface area (Å²) in [5, 5.41) is 14.9. The maximum Gasteiger partial charge on any atom is 0.367 e. The highest BCUT2D eigenvalue weighted by molar-refractivity contribution is 6.24. The first-order chi connectivity index (χ1) is 11.4. The number of furan rings is 1. The van der Waals surface area contributed by atoms with Crippen LogP contribution in [0.25, 0.3) is 17.4 Å². The van der Waals surface area contributed by atoms with Crippen LogP contribution in [-0.4, -0.2) is 16.6 Å². The first-order valence-electron chi connectivity index (χ1n) is 7.20. The molecule has 7 heteroatoms. The Labute approximate surface area is 137 Å². The molecule has 0 amide bonds. The van der Waals surface area contributed by atoms with Gasteiger partial charge >= 0.3 is 5.97 Å². The van der Waals surface area contributed by atoms with Gasteiger partial charge in [0.15, 0.2) is 0 Å². The molecule has 0 atom stereocenters. The highest BCUT2D eigenvalue weighted by Gasteiger charge is 2.23. The van der Waals surface area contributed by atoms with Crippen molar-refractivity contribution in [2.45, 2.75) is 20.8 Å². The van der Waals surface area contributed by atoms with Crippen molar-refractivity contribution in [2.24, 2.45) is 5.16 Å². The van der Waals surface area contributed by atoms with E-state index in [2.05, 4.69) is 9.99 Å². The number of oxime groups is 1. The Kier molecular flexibility index (Phi) is 3.76. The fraction of sp³-hybridized carbons (Fsp3) is 0.176. The van der Waals surface area contributed by atoms with E-state index in [-0.39, 0.29) is 5.69 Å². The van der Waals surface area contributed by atoms with Gasteiger partial charge in [0.2, 0.25) is 0 Å². The van der Waals surface area contributed by atoms with Crippen molar-refractivity contribution >= 4 is 23.4 Å². The van der Waals surface area contributed by atoms with Crippen LogP contribution >= 0.6 is 0 Å². The summed E-state index contributed by atoms with van der Waals surface area (Å²) in [6.07, 6.45) is 1.50. The second-order valence-electron chi connectivity index (χ2n) is 5.53. The van der Waals surface area contributed by atoms with Gasteiger partial charge < -0.3 is 9.25 Å². The Hall–Kier alpha value is -3.22. The van der Waals surface area contributed by atoms with Crippen molar-refractivity contribution in [3.8, 4) is 11.3 Å². The third kappa shape index (κ3) is 2.71. The minimum absolute atomic E-state index is 0.0235. The van der Waals surface area contributed by atoms with Crippen LogP contribution in [0.3, 0.4) is 0 Å². The second-order valence-corrected chi connectivity index (χ2v) is 5.53. The van der Waals surface area contributed by atoms with Crippen LogP contribution in [0.1, 0.15) is 23.8 Å². The van der Waals surface area contributed by atoms with E-state index in [9.17, 15) is 14.9 Å². The summed E-state index contributed by atoms with van der Waals surface area (Å²) in [5.41, 5.74) is 2.88. The number of nitro benzene ring substituents is 1. The first-order valence-corrected chi connectivity index (χ1v) is 7.20. The van der Waals surface area contributed by atoms with E-state index in [4.69, 9.17) is 4.42 Å². The molecule has 1 aliphatic rings. The van der Waals surface area contributed by atoms with Crippen LogP contribution in [0.5, 0.6) is 0 Å². The number of aryl methyl sites for hydroxylation is 2. The third-order valence-electron chi connectivity index (χ3n) is 3.86. The molecule has 0 spiro atoms. The Bertz CT molecular complexity index is 921. The lowest BCUT2D eigenvalue weighted by molar-refractivity contribution is -0.384. The van der Waals surface area contributed by atoms with Crippen LogP contribution < -0.4 is 0 Å². The van der Waals surface area contributed by atoms with Crippen molar-refractivity contribution < 1.29 is 19.0 Å². The van der Waals surface area contributed by atoms with Crippen molar-refractivity contribution in [1.82, 2.24) is 0 Å². The summed E-state index contributed by atoms with van der Waals surface area (Å²) >= 11 is 0. The summed E-state index contributed by atoms with van der Waals surface area (Å²) < 4.78 is 5.67. The molecule has 2 heterocycles. The molecule has 122 valence electrons. The van der Waals surface area contributed by atoms with Gasteiger partial charge in [0, 0.05) is 6.07 Å². The van der Waals surface area contributed by atoms with Crippen molar-refractivity contribution in [1.29, 1.82) is 0 Å². The molecule has 0 bridgehead atoms. The molecule has 0 unspecified atom stereocenters. The Morgan fingerprint density at radius 2 is 1.88 bits per heavy atom. The molecule has 0 saturated heterocycles. The van der Waals surface area contributed by atoms with Crippen molar-refractivity contribution in [2.75, 3.05) is 0 Å². The lowest BCUT2D eigenvalue weighted by Crippen LogP contribution is -2.01. The third-order valence-corrected chi connectivity index (χ3v) is 3.86. The normalized spacial score (nSPS) is 15.5. The van der Waals surface area contributed by atoms with Gasteiger partial charge in [0.05, 0.1) is 21.8 Å². The lowest BCUT2D eigenvalue weighted by atomic mass is 10.0. The number of hydrogen-bond acceptors (Lipinski definition) is 6. The van der Waals surface area contributed by atoms with Gasteiger partial charge in [-0.15, -0.1) is 0 Å². The smallest absolute Gasteiger partial charge is 0.367 e. The van der Waals surface area contributed by atoms with E-state index in [1.807, 2.05) is 13.8 Å². The quantitative estimate of drug-likeness (QED) is 0.370. The largest absolute Gasteiger partial charge is 0.456 e. The van der Waals surface area contributed by atoms with E-state index in [1.54, 1.807) is 25.1 Å². The molecule has 1 aromatic heterocycles. The lowest BCUT2D eigenvalue weighted by Gasteiger charge is -2.04. The number of nitrogens with zero attached hydrogens (tertiary/aromatic N) is 2. The molecule has 3 rings (SSSR count). The van der Waals surface area contributed by atoms with Gasteiger partial charge in [-0.2, -0.15) is 0 Å². The Balaban J connectivity index is 2.05. The molecular weight excluding hydrogens is 312 g/mol. The molecule has 0 radical (unpaired) electrons. The molecular formula is C17H14N2O5. The molecule has 24 heavy (non-hydrogen) atoms. The number of carbonyl (C=O) groups is 1. The maximum absolute atomic E-state index is 11.6. The zero-order chi connectivity index (χ0) is 17.4. The first kappa shape index (κ1) is 15.7. The van der Waals surface area contributed by atoms with E-state index in [0.29, 0.717) is 28.4 Å². The Morgan fingerprint density at radius 3 is 2.50 bits per heavy atom. The molecule has 7 nitrogen and oxygen atoms in total. The molecule has 0 N–H and O–H groups in total. The molecule has 1 aliphatic heterocycles. The van der Waals surface area contributed by atoms with Crippen LogP contribution in [-0.2, 0) is 9.63 Å². The second kappa shape index (κ2) is 5.77. The fourth-order valence-electron chi connectivity index (χ4n) is 2.39. The molecule has 0 saturated carbocycles. The number of benzene rings is 1. The van der Waals surface area contributed by atoms with Gasteiger partial charge in [-0.05, 0) is 56.2 Å². The fourth-order valence-corrected chi connectivity index (χ4v) is 2.39. The summed E-state index contributed by atoms with van der Waals surface area (Å²) in [6, 6.07) is 6.52. The molecule has 1 aromatic carbocycles. The summed E-state index contributed by atoms with van der Waals surface area (Å²) in [7, 11) is 0. The number of hydrogen-bond donors (Lipinski definition) is 0. The van der Waals surface area contributed by atoms with E-state index >= 15 is 0 Å². The Morgan fingerprint density at radius 1 is 1.17 bits per heavy atom. The monoisotopic (exact) mass is 326 g/mol. The minimum Gasteiger partial charge on any atom is -0.456 e. The zero-order valence-corrected chi connectivity index (χ0v) is 13.3. The predicted octanol–water partition coefficient (Wildman–Crippen LogP) is 3.79. The van der Waals surface area contributed by atoms with E-state index in [0.717, 1.165) is 11.1 Å². The maximum atomic E-state index is 11.6. The van der Waals surface area contributed by atoms with Crippen LogP contribution in [0.2, 0.25) is 0 Å². The summed E-state index contributed by atoms with van der Waals surface area (Å²) in [5.74, 6) is 0.196. The SMILES string of the molecule is CC1=NOC(=O)/C1=C/c1ccc(-c2cc(C)c(C)cc2[N+](=O)[O-])o1. The van der Waals surface area contributed by atoms with E-state index < -0.39 is 10.9 Å². The van der Waals surface area contributed by atoms with Crippen molar-refractivity contribution in [3.63, 3.8) is 0 Å². The average Bonchev–Trinajstić information content (AvgIpc) is 3.11. The van der Waals surface area contributed by atoms with Gasteiger partial charge in [0.25, 0.3) is 5.69 Å². The van der Waals surface area contributed by atoms with Gasteiger partial charge in [-0.25, -0.2) is 4.79 Å². The molecule has 0 aliphatic carbocycles. The topological polar surface area (TPSA) is 94.9 Å². The highest BCUT2D eigenvalue weighted by Crippen LogP contribution is 2.34.